The summed E-state index contributed by atoms with van der Waals surface area (Å²) in [5.41, 5.74) is -0.390. The van der Waals surface area contributed by atoms with Gasteiger partial charge in [-0.3, -0.25) is 0 Å². The minimum atomic E-state index is -0.390. The Morgan fingerprint density at radius 1 is 1.38 bits per heavy atom. The molecule has 1 saturated heterocycles. The molecule has 16 heavy (non-hydrogen) atoms. The third-order valence-electron chi connectivity index (χ3n) is 2.27. The van der Waals surface area contributed by atoms with Gasteiger partial charge in [-0.2, -0.15) is 5.92 Å². The van der Waals surface area contributed by atoms with Crippen LogP contribution in [0.3, 0.4) is 0 Å². The fourth-order valence-corrected chi connectivity index (χ4v) is 1.44. The summed E-state index contributed by atoms with van der Waals surface area (Å²) in [6, 6.07) is 0. The third kappa shape index (κ3) is 7.05. The number of likely N-dealkylation sites (tertiary alicyclic amines) is 1. The summed E-state index contributed by atoms with van der Waals surface area (Å²) in [5.74, 6) is 0.494. The van der Waals surface area contributed by atoms with Crippen molar-refractivity contribution in [1.82, 2.24) is 4.90 Å². The van der Waals surface area contributed by atoms with Crippen molar-refractivity contribution >= 4 is 25.8 Å². The Labute approximate surface area is 120 Å². The summed E-state index contributed by atoms with van der Waals surface area (Å²) < 4.78 is 5.28. The van der Waals surface area contributed by atoms with Crippen molar-refractivity contribution < 1.29 is 24.3 Å². The van der Waals surface area contributed by atoms with E-state index in [-0.39, 0.29) is 6.09 Å². The molecule has 0 aliphatic carbocycles. The van der Waals surface area contributed by atoms with Crippen LogP contribution in [0.25, 0.3) is 0 Å². The number of ether oxygens (including phenoxy) is 1. The number of rotatable bonds is 0. The molecule has 0 aromatic heterocycles. The first-order chi connectivity index (χ1) is 7.38. The molecule has 5 heteroatoms. The van der Waals surface area contributed by atoms with Gasteiger partial charge in [-0.05, 0) is 20.8 Å². The monoisotopic (exact) mass is 389 g/mol. The zero-order chi connectivity index (χ0) is 12.8. The standard InChI is InChI=1S/C11H20NO2.HI.Zn/c1-9-5-7-12(8-6-9)10(13)14-11(2,3)4;;/h9H,1,5-8H2,2-4H3;1H;/q-1;;+2/p-1. The van der Waals surface area contributed by atoms with Gasteiger partial charge in [-0.1, -0.05) is 12.8 Å². The van der Waals surface area contributed by atoms with E-state index in [2.05, 4.69) is 26.7 Å². The van der Waals surface area contributed by atoms with Gasteiger partial charge in [0.2, 0.25) is 0 Å². The number of hydrogen-bond acceptors (Lipinski definition) is 2. The van der Waals surface area contributed by atoms with Gasteiger partial charge in [0, 0.05) is 13.1 Å². The van der Waals surface area contributed by atoms with Crippen LogP contribution in [0.2, 0.25) is 0 Å². The Morgan fingerprint density at radius 3 is 2.19 bits per heavy atom. The van der Waals surface area contributed by atoms with E-state index in [1.807, 2.05) is 20.8 Å². The van der Waals surface area contributed by atoms with Gasteiger partial charge in [-0.25, -0.2) is 4.79 Å². The topological polar surface area (TPSA) is 29.5 Å². The van der Waals surface area contributed by atoms with Gasteiger partial charge in [0.1, 0.15) is 5.60 Å². The second-order valence-corrected chi connectivity index (χ2v) is 4.91. The van der Waals surface area contributed by atoms with Gasteiger partial charge in [0.25, 0.3) is 0 Å². The van der Waals surface area contributed by atoms with Crippen LogP contribution in [-0.2, 0) is 19.5 Å². The zero-order valence-electron chi connectivity index (χ0n) is 10.5. The van der Waals surface area contributed by atoms with E-state index in [1.165, 1.54) is 14.8 Å². The molecule has 1 aliphatic rings. The zero-order valence-corrected chi connectivity index (χ0v) is 15.6. The molecule has 1 fully saturated rings. The van der Waals surface area contributed by atoms with Crippen LogP contribution in [0.1, 0.15) is 33.6 Å². The summed E-state index contributed by atoms with van der Waals surface area (Å²) in [6.07, 6.45) is 1.78. The first-order valence-electron chi connectivity index (χ1n) is 5.46. The van der Waals surface area contributed by atoms with E-state index in [1.54, 1.807) is 4.90 Å². The molecule has 1 aliphatic heterocycles. The summed E-state index contributed by atoms with van der Waals surface area (Å²) in [7, 11) is 0. The van der Waals surface area contributed by atoms with E-state index in [0.29, 0.717) is 5.92 Å². The summed E-state index contributed by atoms with van der Waals surface area (Å²) >= 11 is 3.62. The number of halogens is 1. The number of piperidine rings is 1. The van der Waals surface area contributed by atoms with E-state index in [9.17, 15) is 4.79 Å². The van der Waals surface area contributed by atoms with Crippen LogP contribution in [-0.4, -0.2) is 29.7 Å². The van der Waals surface area contributed by atoms with Crippen molar-refractivity contribution in [1.29, 1.82) is 0 Å². The molecule has 0 bridgehead atoms. The predicted octanol–water partition coefficient (Wildman–Crippen LogP) is 3.35. The maximum atomic E-state index is 11.6. The number of carbonyl (C=O) groups is 1. The molecule has 0 spiro atoms. The number of carbonyl (C=O) groups excluding carboxylic acids is 1. The van der Waals surface area contributed by atoms with Crippen molar-refractivity contribution in [3.63, 3.8) is 0 Å². The van der Waals surface area contributed by atoms with Gasteiger partial charge >= 0.3 is 40.6 Å². The molecule has 0 N–H and O–H groups in total. The van der Waals surface area contributed by atoms with Crippen LogP contribution < -0.4 is 0 Å². The van der Waals surface area contributed by atoms with Crippen LogP contribution in [0.15, 0.2) is 0 Å². The maximum absolute atomic E-state index is 11.6. The molecule has 0 aromatic rings. The fourth-order valence-electron chi connectivity index (χ4n) is 1.44. The summed E-state index contributed by atoms with van der Waals surface area (Å²) in [6.45, 7) is 11.2. The fraction of sp³-hybridized carbons (Fsp3) is 0.818. The van der Waals surface area contributed by atoms with Gasteiger partial charge in [0.15, 0.2) is 0 Å². The molecule has 90 valence electrons. The van der Waals surface area contributed by atoms with Gasteiger partial charge in [-0.15, -0.1) is 0 Å². The predicted molar refractivity (Wildman–Crippen MR) is 69.9 cm³/mol. The number of amides is 1. The molecule has 0 aromatic carbocycles. The van der Waals surface area contributed by atoms with E-state index in [4.69, 9.17) is 4.74 Å². The van der Waals surface area contributed by atoms with Crippen molar-refractivity contribution in [3.8, 4) is 0 Å². The molecular weight excluding hydrogens is 370 g/mol. The van der Waals surface area contributed by atoms with Crippen molar-refractivity contribution in [2.75, 3.05) is 13.1 Å². The SMILES string of the molecule is [CH2-]C1CCN(C(=O)OC(C)(C)C)CC1.[Zn+][I]. The van der Waals surface area contributed by atoms with E-state index < -0.39 is 5.60 Å². The Morgan fingerprint density at radius 2 is 1.81 bits per heavy atom. The molecule has 1 amide bonds. The molecule has 1 rings (SSSR count). The minimum absolute atomic E-state index is 0.190. The van der Waals surface area contributed by atoms with Crippen LogP contribution in [0.4, 0.5) is 4.79 Å². The van der Waals surface area contributed by atoms with Crippen LogP contribution >= 0.6 is 19.8 Å². The molecule has 3 nitrogen and oxygen atoms in total. The van der Waals surface area contributed by atoms with E-state index in [0.717, 1.165) is 25.9 Å². The number of nitrogens with zero attached hydrogens (tertiary/aromatic N) is 1. The van der Waals surface area contributed by atoms with Crippen LogP contribution in [0, 0.1) is 12.8 Å². The Hall–Kier alpha value is 0.623. The first-order valence-corrected chi connectivity index (χ1v) is 14.5. The quantitative estimate of drug-likeness (QED) is 0.361. The molecule has 0 radical (unpaired) electrons. The molecule has 0 unspecified atom stereocenters. The Bertz CT molecular complexity index is 211. The molecule has 0 saturated carbocycles. The second kappa shape index (κ2) is 7.86. The van der Waals surface area contributed by atoms with Crippen molar-refractivity contribution in [2.24, 2.45) is 5.92 Å². The van der Waals surface area contributed by atoms with Crippen molar-refractivity contribution in [3.05, 3.63) is 6.92 Å². The molecule has 0 atom stereocenters. The first kappa shape index (κ1) is 16.6. The average molecular weight is 391 g/mol. The summed E-state index contributed by atoms with van der Waals surface area (Å²) in [5, 5.41) is 0. The van der Waals surface area contributed by atoms with Gasteiger partial charge in [0.05, 0.1) is 0 Å². The normalized spacial score (nSPS) is 17.6. The number of hydrogen-bond donors (Lipinski definition) is 0. The average Bonchev–Trinajstić information content (AvgIpc) is 2.19. The molecular formula is C11H20INO2Zn. The van der Waals surface area contributed by atoms with Crippen LogP contribution in [0.5, 0.6) is 0 Å². The van der Waals surface area contributed by atoms with Gasteiger partial charge < -0.3 is 16.6 Å². The summed E-state index contributed by atoms with van der Waals surface area (Å²) in [4.78, 5) is 13.4. The third-order valence-corrected chi connectivity index (χ3v) is 2.27. The Balaban J connectivity index is 0.00000106. The second-order valence-electron chi connectivity index (χ2n) is 4.91. The van der Waals surface area contributed by atoms with Crippen molar-refractivity contribution in [2.45, 2.75) is 39.2 Å². The molecule has 1 heterocycles. The Kier molecular flexibility index (Phi) is 8.16. The van der Waals surface area contributed by atoms with E-state index >= 15 is 0 Å².